The molecule has 7 heteroatoms. The van der Waals surface area contributed by atoms with Crippen LogP contribution in [0.5, 0.6) is 0 Å². The van der Waals surface area contributed by atoms with Crippen molar-refractivity contribution in [1.29, 1.82) is 0 Å². The van der Waals surface area contributed by atoms with E-state index in [4.69, 9.17) is 11.6 Å². The van der Waals surface area contributed by atoms with E-state index in [1.165, 1.54) is 0 Å². The summed E-state index contributed by atoms with van der Waals surface area (Å²) in [5.41, 5.74) is 7.17. The average molecular weight is 386 g/mol. The van der Waals surface area contributed by atoms with Crippen LogP contribution in [-0.2, 0) is 11.2 Å². The molecular weight excluding hydrogens is 366 g/mol. The molecule has 0 spiro atoms. The van der Waals surface area contributed by atoms with E-state index < -0.39 is 11.8 Å². The van der Waals surface area contributed by atoms with Gasteiger partial charge in [0.25, 0.3) is 11.8 Å². The molecule has 3 amide bonds. The highest BCUT2D eigenvalue weighted by Crippen LogP contribution is 2.30. The molecule has 0 aromatic heterocycles. The van der Waals surface area contributed by atoms with Crippen LogP contribution in [0.25, 0.3) is 0 Å². The minimum atomic E-state index is -0.488. The van der Waals surface area contributed by atoms with E-state index in [2.05, 4.69) is 10.9 Å². The fourth-order valence-corrected chi connectivity index (χ4v) is 3.13. The van der Waals surface area contributed by atoms with Crippen LogP contribution in [0.15, 0.2) is 42.5 Å². The number of carbonyl (C=O) groups excluding carboxylic acids is 3. The summed E-state index contributed by atoms with van der Waals surface area (Å²) in [4.78, 5) is 38.0. The maximum absolute atomic E-state index is 12.4. The van der Waals surface area contributed by atoms with Crippen LogP contribution in [0.1, 0.15) is 46.0 Å². The third-order valence-electron chi connectivity index (χ3n) is 4.49. The number of amides is 3. The molecule has 1 saturated heterocycles. The highest BCUT2D eigenvalue weighted by atomic mass is 35.5. The van der Waals surface area contributed by atoms with Crippen molar-refractivity contribution >= 4 is 35.0 Å². The first-order valence-corrected chi connectivity index (χ1v) is 9.17. The van der Waals surface area contributed by atoms with Gasteiger partial charge in [0.2, 0.25) is 5.91 Å². The lowest BCUT2D eigenvalue weighted by Crippen LogP contribution is -2.41. The SMILES string of the molecule is CCc1ccc(C(=O)NNC(=O)c2ccc(Cl)c(N3CCCC3=O)c2)cc1. The minimum absolute atomic E-state index is 0.0155. The summed E-state index contributed by atoms with van der Waals surface area (Å²) in [5.74, 6) is -0.911. The molecule has 1 aliphatic heterocycles. The Balaban J connectivity index is 1.67. The number of hydrogen-bond donors (Lipinski definition) is 2. The maximum Gasteiger partial charge on any atom is 0.269 e. The first-order valence-electron chi connectivity index (χ1n) is 8.79. The smallest absolute Gasteiger partial charge is 0.269 e. The molecular formula is C20H20ClN3O3. The van der Waals surface area contributed by atoms with Crippen LogP contribution in [0, 0.1) is 0 Å². The number of aryl methyl sites for hydroxylation is 1. The summed E-state index contributed by atoms with van der Waals surface area (Å²) in [6.07, 6.45) is 2.12. The molecule has 0 aliphatic carbocycles. The van der Waals surface area contributed by atoms with Gasteiger partial charge in [-0.25, -0.2) is 0 Å². The molecule has 6 nitrogen and oxygen atoms in total. The monoisotopic (exact) mass is 385 g/mol. The molecule has 1 aliphatic rings. The fraction of sp³-hybridized carbons (Fsp3) is 0.250. The Kier molecular flexibility index (Phi) is 5.76. The molecule has 27 heavy (non-hydrogen) atoms. The van der Waals surface area contributed by atoms with E-state index in [0.717, 1.165) is 18.4 Å². The number of benzene rings is 2. The standard InChI is InChI=1S/C20H20ClN3O3/c1-2-13-5-7-14(8-6-13)19(26)22-23-20(27)15-9-10-16(21)17(12-15)24-11-3-4-18(24)25/h5-10,12H,2-4,11H2,1H3,(H,22,26)(H,23,27). The lowest BCUT2D eigenvalue weighted by Gasteiger charge is -2.18. The number of carbonyl (C=O) groups is 3. The third kappa shape index (κ3) is 4.28. The van der Waals surface area contributed by atoms with Crippen molar-refractivity contribution in [1.82, 2.24) is 10.9 Å². The van der Waals surface area contributed by atoms with Crippen molar-refractivity contribution < 1.29 is 14.4 Å². The maximum atomic E-state index is 12.4. The molecule has 0 bridgehead atoms. The zero-order valence-corrected chi connectivity index (χ0v) is 15.7. The molecule has 2 aromatic rings. The number of rotatable bonds is 4. The van der Waals surface area contributed by atoms with E-state index in [-0.39, 0.29) is 5.91 Å². The number of hydrogen-bond acceptors (Lipinski definition) is 3. The predicted molar refractivity (Wildman–Crippen MR) is 104 cm³/mol. The molecule has 1 fully saturated rings. The van der Waals surface area contributed by atoms with Gasteiger partial charge in [-0.3, -0.25) is 25.2 Å². The van der Waals surface area contributed by atoms with Crippen LogP contribution < -0.4 is 15.8 Å². The van der Waals surface area contributed by atoms with Crippen molar-refractivity contribution in [3.63, 3.8) is 0 Å². The van der Waals surface area contributed by atoms with Gasteiger partial charge in [-0.15, -0.1) is 0 Å². The topological polar surface area (TPSA) is 78.5 Å². The molecule has 2 aromatic carbocycles. The highest BCUT2D eigenvalue weighted by Gasteiger charge is 2.24. The van der Waals surface area contributed by atoms with Gasteiger partial charge in [0.15, 0.2) is 0 Å². The molecule has 3 rings (SSSR count). The number of halogens is 1. The van der Waals surface area contributed by atoms with Gasteiger partial charge in [-0.1, -0.05) is 30.7 Å². The number of nitrogens with one attached hydrogen (secondary N) is 2. The van der Waals surface area contributed by atoms with Gasteiger partial charge in [0, 0.05) is 24.1 Å². The van der Waals surface area contributed by atoms with Crippen molar-refractivity contribution in [2.75, 3.05) is 11.4 Å². The van der Waals surface area contributed by atoms with Gasteiger partial charge in [0.1, 0.15) is 0 Å². The van der Waals surface area contributed by atoms with E-state index in [9.17, 15) is 14.4 Å². The molecule has 0 unspecified atom stereocenters. The Morgan fingerprint density at radius 3 is 2.26 bits per heavy atom. The predicted octanol–water partition coefficient (Wildman–Crippen LogP) is 3.10. The Morgan fingerprint density at radius 2 is 1.67 bits per heavy atom. The normalized spacial score (nSPS) is 13.6. The molecule has 0 atom stereocenters. The zero-order chi connectivity index (χ0) is 19.4. The molecule has 0 radical (unpaired) electrons. The summed E-state index contributed by atoms with van der Waals surface area (Å²) >= 11 is 6.18. The molecule has 1 heterocycles. The molecule has 0 saturated carbocycles. The lowest BCUT2D eigenvalue weighted by atomic mass is 10.1. The van der Waals surface area contributed by atoms with Gasteiger partial charge >= 0.3 is 0 Å². The van der Waals surface area contributed by atoms with Crippen LogP contribution in [0.4, 0.5) is 5.69 Å². The van der Waals surface area contributed by atoms with E-state index in [0.29, 0.717) is 34.8 Å². The summed E-state index contributed by atoms with van der Waals surface area (Å²) in [6, 6.07) is 11.8. The first kappa shape index (κ1) is 18.9. The Bertz CT molecular complexity index is 881. The number of hydrazine groups is 1. The summed E-state index contributed by atoms with van der Waals surface area (Å²) < 4.78 is 0. The summed E-state index contributed by atoms with van der Waals surface area (Å²) in [7, 11) is 0. The molecule has 140 valence electrons. The van der Waals surface area contributed by atoms with Crippen molar-refractivity contribution in [2.24, 2.45) is 0 Å². The van der Waals surface area contributed by atoms with Gasteiger partial charge in [-0.05, 0) is 48.7 Å². The largest absolute Gasteiger partial charge is 0.311 e. The van der Waals surface area contributed by atoms with Crippen molar-refractivity contribution in [3.8, 4) is 0 Å². The van der Waals surface area contributed by atoms with Crippen LogP contribution in [0.2, 0.25) is 5.02 Å². The average Bonchev–Trinajstić information content (AvgIpc) is 3.12. The van der Waals surface area contributed by atoms with E-state index in [1.54, 1.807) is 35.2 Å². The molecule has 2 N–H and O–H groups in total. The minimum Gasteiger partial charge on any atom is -0.311 e. The third-order valence-corrected chi connectivity index (χ3v) is 4.81. The quantitative estimate of drug-likeness (QED) is 0.794. The Labute approximate surface area is 162 Å². The number of anilines is 1. The zero-order valence-electron chi connectivity index (χ0n) is 14.9. The van der Waals surface area contributed by atoms with Crippen LogP contribution >= 0.6 is 11.6 Å². The first-order chi connectivity index (χ1) is 13.0. The second-order valence-corrected chi connectivity index (χ2v) is 6.68. The lowest BCUT2D eigenvalue weighted by molar-refractivity contribution is -0.117. The van der Waals surface area contributed by atoms with Gasteiger partial charge < -0.3 is 4.90 Å². The van der Waals surface area contributed by atoms with Gasteiger partial charge in [-0.2, -0.15) is 0 Å². The van der Waals surface area contributed by atoms with Crippen LogP contribution in [0.3, 0.4) is 0 Å². The van der Waals surface area contributed by atoms with E-state index in [1.807, 2.05) is 19.1 Å². The Morgan fingerprint density at radius 1 is 1.04 bits per heavy atom. The highest BCUT2D eigenvalue weighted by molar-refractivity contribution is 6.34. The van der Waals surface area contributed by atoms with Crippen LogP contribution in [-0.4, -0.2) is 24.3 Å². The second-order valence-electron chi connectivity index (χ2n) is 6.27. The van der Waals surface area contributed by atoms with E-state index >= 15 is 0 Å². The van der Waals surface area contributed by atoms with Crippen molar-refractivity contribution in [2.45, 2.75) is 26.2 Å². The fourth-order valence-electron chi connectivity index (χ4n) is 2.91. The van der Waals surface area contributed by atoms with Crippen molar-refractivity contribution in [3.05, 3.63) is 64.2 Å². The van der Waals surface area contributed by atoms with Gasteiger partial charge in [0.05, 0.1) is 10.7 Å². The second kappa shape index (κ2) is 8.22. The Hall–Kier alpha value is -2.86. The summed E-state index contributed by atoms with van der Waals surface area (Å²) in [6.45, 7) is 2.61. The number of nitrogens with zero attached hydrogens (tertiary/aromatic N) is 1. The summed E-state index contributed by atoms with van der Waals surface area (Å²) in [5, 5.41) is 0.404.